The molecule has 51 heavy (non-hydrogen) atoms. The lowest BCUT2D eigenvalue weighted by Crippen LogP contribution is -2.60. The number of benzene rings is 1. The lowest BCUT2D eigenvalue weighted by atomic mass is 9.95. The number of rotatable bonds is 11. The van der Waals surface area contributed by atoms with Crippen LogP contribution in [0.1, 0.15) is 58.4 Å². The third kappa shape index (κ3) is 13.7. The van der Waals surface area contributed by atoms with Gasteiger partial charge in [-0.15, -0.1) is 0 Å². The molecule has 9 N–H and O–H groups in total. The van der Waals surface area contributed by atoms with Gasteiger partial charge < -0.3 is 42.3 Å². The zero-order chi connectivity index (χ0) is 38.1. The number of nitrogens with one attached hydrogen (secondary N) is 6. The fourth-order valence-corrected chi connectivity index (χ4v) is 5.24. The molecular formula is C34H51N9O8. The van der Waals surface area contributed by atoms with E-state index in [9.17, 15) is 38.7 Å². The Labute approximate surface area is 297 Å². The fourth-order valence-electron chi connectivity index (χ4n) is 5.24. The summed E-state index contributed by atoms with van der Waals surface area (Å²) < 4.78 is 0. The molecule has 17 heteroatoms. The highest BCUT2D eigenvalue weighted by Crippen LogP contribution is 2.16. The Bertz CT molecular complexity index is 1450. The molecule has 6 unspecified atom stereocenters. The quantitative estimate of drug-likeness (QED) is 0.0637. The van der Waals surface area contributed by atoms with Crippen LogP contribution in [0, 0.1) is 5.92 Å². The van der Waals surface area contributed by atoms with E-state index in [2.05, 4.69) is 36.9 Å². The molecule has 1 aliphatic heterocycles. The summed E-state index contributed by atoms with van der Waals surface area (Å²) in [7, 11) is 2.80. The lowest BCUT2D eigenvalue weighted by molar-refractivity contribution is -0.145. The molecule has 1 aromatic rings. The monoisotopic (exact) mass is 713 g/mol. The van der Waals surface area contributed by atoms with Gasteiger partial charge in [-0.05, 0) is 38.2 Å². The van der Waals surface area contributed by atoms with Gasteiger partial charge in [-0.2, -0.15) is 0 Å². The molecule has 0 spiro atoms. The number of aliphatic imine (C=N–C) groups is 1. The van der Waals surface area contributed by atoms with Gasteiger partial charge in [-0.1, -0.05) is 56.3 Å². The molecular weight excluding hydrogens is 662 g/mol. The number of aliphatic carboxylic acids is 1. The van der Waals surface area contributed by atoms with Crippen molar-refractivity contribution in [3.63, 3.8) is 0 Å². The van der Waals surface area contributed by atoms with Crippen molar-refractivity contribution in [2.45, 2.75) is 89.5 Å². The average Bonchev–Trinajstić information content (AvgIpc) is 3.09. The maximum absolute atomic E-state index is 14.2. The largest absolute Gasteiger partial charge is 0.481 e. The van der Waals surface area contributed by atoms with Gasteiger partial charge in [-0.25, -0.2) is 4.79 Å². The third-order valence-corrected chi connectivity index (χ3v) is 8.31. The standard InChI is InChI=1S/C34H51N9O8/c1-6-7-9-15-23-20(2)28(46)40-24(16-12-17-37-33(35)42-34(51)36-4)32(50)43(5)26(18-22-13-10-8-11-14-22)31(49)41-25(19-27(44)45)30(48)38-21(3)29(47)39-23/h7-11,13-14,20-21,23-26H,6,12,15-19H2,1-5H3,(H,38,48)(H,39,47)(H,40,46)(H,41,49)(H,44,45)(H4,35,36,37,42,51). The maximum Gasteiger partial charge on any atom is 0.321 e. The van der Waals surface area contributed by atoms with Crippen molar-refractivity contribution in [2.24, 2.45) is 16.6 Å². The van der Waals surface area contributed by atoms with Crippen molar-refractivity contribution in [3.05, 3.63) is 48.0 Å². The van der Waals surface area contributed by atoms with Gasteiger partial charge >= 0.3 is 12.0 Å². The van der Waals surface area contributed by atoms with E-state index in [1.165, 1.54) is 21.0 Å². The molecule has 1 saturated heterocycles. The summed E-state index contributed by atoms with van der Waals surface area (Å²) in [5, 5.41) is 24.8. The number of nitrogens with zero attached hydrogens (tertiary/aromatic N) is 2. The van der Waals surface area contributed by atoms with E-state index in [1.54, 1.807) is 37.3 Å². The zero-order valence-corrected chi connectivity index (χ0v) is 29.7. The molecule has 6 atom stereocenters. The predicted molar refractivity (Wildman–Crippen MR) is 189 cm³/mol. The molecule has 280 valence electrons. The molecule has 1 fully saturated rings. The predicted octanol–water partition coefficient (Wildman–Crippen LogP) is -0.480. The number of hydrogen-bond donors (Lipinski definition) is 8. The molecule has 1 aromatic carbocycles. The summed E-state index contributed by atoms with van der Waals surface area (Å²) in [6.45, 7) is 5.01. The maximum atomic E-state index is 14.2. The van der Waals surface area contributed by atoms with Crippen molar-refractivity contribution in [1.82, 2.24) is 36.8 Å². The molecule has 0 aromatic heterocycles. The Morgan fingerprint density at radius 1 is 0.941 bits per heavy atom. The second-order valence-electron chi connectivity index (χ2n) is 12.2. The minimum atomic E-state index is -1.58. The van der Waals surface area contributed by atoms with Crippen LogP contribution in [0.5, 0.6) is 0 Å². The number of nitrogens with two attached hydrogens (primary N) is 1. The number of hydrogen-bond acceptors (Lipinski definition) is 8. The van der Waals surface area contributed by atoms with E-state index < -0.39 is 84.1 Å². The topological polar surface area (TPSA) is 254 Å². The molecule has 17 nitrogen and oxygen atoms in total. The van der Waals surface area contributed by atoms with Crippen molar-refractivity contribution in [1.29, 1.82) is 0 Å². The van der Waals surface area contributed by atoms with E-state index in [-0.39, 0.29) is 38.2 Å². The Morgan fingerprint density at radius 2 is 1.61 bits per heavy atom. The van der Waals surface area contributed by atoms with E-state index >= 15 is 0 Å². The summed E-state index contributed by atoms with van der Waals surface area (Å²) >= 11 is 0. The van der Waals surface area contributed by atoms with Crippen molar-refractivity contribution >= 4 is 47.5 Å². The van der Waals surface area contributed by atoms with Crippen LogP contribution in [0.4, 0.5) is 4.79 Å². The van der Waals surface area contributed by atoms with Crippen LogP contribution in [0.2, 0.25) is 0 Å². The number of allylic oxidation sites excluding steroid dienone is 1. The minimum Gasteiger partial charge on any atom is -0.481 e. The summed E-state index contributed by atoms with van der Waals surface area (Å²) in [5.41, 5.74) is 6.42. The molecule has 7 amide bonds. The molecule has 2 rings (SSSR count). The summed E-state index contributed by atoms with van der Waals surface area (Å²) in [6.07, 6.45) is 4.13. The highest BCUT2D eigenvalue weighted by atomic mass is 16.4. The molecule has 0 bridgehead atoms. The first-order valence-corrected chi connectivity index (χ1v) is 16.9. The Balaban J connectivity index is 2.59. The molecule has 0 radical (unpaired) electrons. The number of amides is 7. The Hall–Kier alpha value is -5.48. The fraction of sp³-hybridized carbons (Fsp3) is 0.529. The molecule has 0 aliphatic carbocycles. The molecule has 0 saturated carbocycles. The van der Waals surface area contributed by atoms with Gasteiger partial charge in [0.05, 0.1) is 12.3 Å². The number of likely N-dealkylation sites (N-methyl/N-ethyl adjacent to an activating group) is 1. The Morgan fingerprint density at radius 3 is 2.24 bits per heavy atom. The van der Waals surface area contributed by atoms with E-state index in [0.29, 0.717) is 12.0 Å². The van der Waals surface area contributed by atoms with Gasteiger partial charge in [0.25, 0.3) is 0 Å². The SMILES string of the molecule is CCC=CCC1NC(=O)C(C)NC(=O)C(CC(=O)O)NC(=O)C(Cc2ccccc2)N(C)C(=O)C(CCCN=C(N)NC(=O)NC)NC(=O)C1C. The van der Waals surface area contributed by atoms with Crippen LogP contribution in [-0.2, 0) is 35.2 Å². The lowest BCUT2D eigenvalue weighted by Gasteiger charge is -2.33. The van der Waals surface area contributed by atoms with Gasteiger partial charge in [0.1, 0.15) is 24.2 Å². The van der Waals surface area contributed by atoms with Crippen molar-refractivity contribution < 1.29 is 38.7 Å². The summed E-state index contributed by atoms with van der Waals surface area (Å²) in [6, 6.07) is 2.30. The molecule has 1 heterocycles. The highest BCUT2D eigenvalue weighted by Gasteiger charge is 2.37. The second-order valence-corrected chi connectivity index (χ2v) is 12.2. The van der Waals surface area contributed by atoms with Crippen LogP contribution < -0.4 is 37.6 Å². The van der Waals surface area contributed by atoms with Crippen molar-refractivity contribution in [2.75, 3.05) is 20.6 Å². The van der Waals surface area contributed by atoms with Gasteiger partial charge in [-0.3, -0.25) is 39.1 Å². The highest BCUT2D eigenvalue weighted by molar-refractivity contribution is 5.97. The van der Waals surface area contributed by atoms with Crippen LogP contribution in [-0.4, -0.2) is 108 Å². The second kappa shape index (κ2) is 20.9. The average molecular weight is 714 g/mol. The number of urea groups is 1. The smallest absolute Gasteiger partial charge is 0.321 e. The Kier molecular flexibility index (Phi) is 17.1. The first-order chi connectivity index (χ1) is 24.2. The van der Waals surface area contributed by atoms with Crippen LogP contribution in [0.25, 0.3) is 0 Å². The van der Waals surface area contributed by atoms with Gasteiger partial charge in [0, 0.05) is 33.1 Å². The summed E-state index contributed by atoms with van der Waals surface area (Å²) in [5.74, 6) is -5.95. The third-order valence-electron chi connectivity index (χ3n) is 8.31. The summed E-state index contributed by atoms with van der Waals surface area (Å²) in [4.78, 5) is 97.0. The van der Waals surface area contributed by atoms with Crippen molar-refractivity contribution in [3.8, 4) is 0 Å². The van der Waals surface area contributed by atoms with Crippen LogP contribution in [0.3, 0.4) is 0 Å². The van der Waals surface area contributed by atoms with E-state index in [1.807, 2.05) is 19.1 Å². The van der Waals surface area contributed by atoms with Crippen LogP contribution in [0.15, 0.2) is 47.5 Å². The van der Waals surface area contributed by atoms with E-state index in [0.717, 1.165) is 4.90 Å². The van der Waals surface area contributed by atoms with E-state index in [4.69, 9.17) is 5.73 Å². The normalized spacial score (nSPS) is 24.3. The first-order valence-electron chi connectivity index (χ1n) is 16.9. The van der Waals surface area contributed by atoms with Crippen LogP contribution >= 0.6 is 0 Å². The van der Waals surface area contributed by atoms with Gasteiger partial charge in [0.2, 0.25) is 29.5 Å². The number of carbonyl (C=O) groups excluding carboxylic acids is 6. The number of carboxylic acid groups (broad SMARTS) is 1. The zero-order valence-electron chi connectivity index (χ0n) is 29.7. The number of carbonyl (C=O) groups is 7. The molecule has 1 aliphatic rings. The number of carboxylic acids is 1. The number of guanidine groups is 1. The van der Waals surface area contributed by atoms with Gasteiger partial charge in [0.15, 0.2) is 5.96 Å². The first kappa shape index (κ1) is 41.7. The minimum absolute atomic E-state index is 0.00989.